The predicted octanol–water partition coefficient (Wildman–Crippen LogP) is 3.51. The number of hydrogen-bond donors (Lipinski definition) is 0. The van der Waals surface area contributed by atoms with Crippen molar-refractivity contribution in [2.24, 2.45) is 31.7 Å². The summed E-state index contributed by atoms with van der Waals surface area (Å²) in [5.41, 5.74) is -0.731. The van der Waals surface area contributed by atoms with Crippen molar-refractivity contribution in [3.63, 3.8) is 0 Å². The van der Waals surface area contributed by atoms with Gasteiger partial charge in [0.05, 0.1) is 19.1 Å². The Labute approximate surface area is 148 Å². The standard InChI is InChI=1S/C19H27N3O3/c1-2-16-7-8-17(22-15-25)19(12-21-14-24)10-6-4-3-5-9-18(16,19)11-20-13-23/h16-17H,2-12H2,1H3. The molecule has 0 amide bonds. The zero-order valence-electron chi connectivity index (χ0n) is 15.0. The molecule has 0 aromatic heterocycles. The minimum atomic E-state index is -0.443. The molecule has 0 radical (unpaired) electrons. The maximum Gasteiger partial charge on any atom is 0.235 e. The summed E-state index contributed by atoms with van der Waals surface area (Å²) in [6, 6.07) is -0.232. The molecule has 0 N–H and O–H groups in total. The van der Waals surface area contributed by atoms with Gasteiger partial charge in [-0.05, 0) is 31.6 Å². The van der Waals surface area contributed by atoms with Crippen LogP contribution >= 0.6 is 0 Å². The highest BCUT2D eigenvalue weighted by Gasteiger charge is 2.60. The van der Waals surface area contributed by atoms with Crippen molar-refractivity contribution in [1.82, 2.24) is 0 Å². The zero-order chi connectivity index (χ0) is 18.2. The number of aliphatic imine (C=N–C) groups is 3. The first kappa shape index (κ1) is 19.5. The number of nitrogens with zero attached hydrogens (tertiary/aromatic N) is 3. The molecule has 6 heteroatoms. The molecule has 0 saturated heterocycles. The minimum Gasteiger partial charge on any atom is -0.211 e. The Morgan fingerprint density at radius 1 is 0.840 bits per heavy atom. The Hall–Kier alpha value is -1.86. The zero-order valence-corrected chi connectivity index (χ0v) is 15.0. The van der Waals surface area contributed by atoms with E-state index in [1.54, 1.807) is 18.2 Å². The summed E-state index contributed by atoms with van der Waals surface area (Å²) in [7, 11) is 0. The summed E-state index contributed by atoms with van der Waals surface area (Å²) in [6.07, 6.45) is 13.9. The van der Waals surface area contributed by atoms with Crippen LogP contribution < -0.4 is 0 Å². The van der Waals surface area contributed by atoms with Crippen LogP contribution in [-0.2, 0) is 14.4 Å². The predicted molar refractivity (Wildman–Crippen MR) is 93.5 cm³/mol. The molecule has 0 spiro atoms. The van der Waals surface area contributed by atoms with Gasteiger partial charge in [0, 0.05) is 10.8 Å². The average Bonchev–Trinajstić information content (AvgIpc) is 2.61. The van der Waals surface area contributed by atoms with Crippen LogP contribution in [0.2, 0.25) is 0 Å². The van der Waals surface area contributed by atoms with E-state index in [0.29, 0.717) is 12.5 Å². The molecule has 0 aromatic rings. The number of fused-ring (bicyclic) bond motifs is 1. The number of carbonyl (C=O) groups excluding carboxylic acids is 3. The van der Waals surface area contributed by atoms with Crippen LogP contribution in [0.3, 0.4) is 0 Å². The highest BCUT2D eigenvalue weighted by atomic mass is 16.1. The van der Waals surface area contributed by atoms with Crippen LogP contribution in [0.4, 0.5) is 0 Å². The van der Waals surface area contributed by atoms with Crippen molar-refractivity contribution < 1.29 is 14.4 Å². The van der Waals surface area contributed by atoms with Gasteiger partial charge in [0.15, 0.2) is 0 Å². The van der Waals surface area contributed by atoms with E-state index in [1.165, 1.54) is 0 Å². The monoisotopic (exact) mass is 345 g/mol. The summed E-state index contributed by atoms with van der Waals surface area (Å²) < 4.78 is 0. The van der Waals surface area contributed by atoms with Crippen LogP contribution in [0.15, 0.2) is 15.0 Å². The van der Waals surface area contributed by atoms with Crippen molar-refractivity contribution in [1.29, 1.82) is 0 Å². The quantitative estimate of drug-likeness (QED) is 0.545. The molecule has 6 nitrogen and oxygen atoms in total. The summed E-state index contributed by atoms with van der Waals surface area (Å²) in [4.78, 5) is 45.1. The lowest BCUT2D eigenvalue weighted by atomic mass is 9.45. The molecule has 0 bridgehead atoms. The Morgan fingerprint density at radius 3 is 2.00 bits per heavy atom. The maximum absolute atomic E-state index is 11.1. The van der Waals surface area contributed by atoms with Gasteiger partial charge < -0.3 is 0 Å². The van der Waals surface area contributed by atoms with Gasteiger partial charge in [0.25, 0.3) is 0 Å². The molecule has 0 heterocycles. The maximum atomic E-state index is 11.1. The van der Waals surface area contributed by atoms with Crippen LogP contribution in [-0.4, -0.2) is 37.4 Å². The summed E-state index contributed by atoms with van der Waals surface area (Å²) in [6.45, 7) is 2.82. The van der Waals surface area contributed by atoms with E-state index in [1.807, 2.05) is 0 Å². The van der Waals surface area contributed by atoms with E-state index >= 15 is 0 Å². The van der Waals surface area contributed by atoms with E-state index in [4.69, 9.17) is 0 Å². The molecular formula is C19H27N3O3. The van der Waals surface area contributed by atoms with Gasteiger partial charge in [0.1, 0.15) is 0 Å². The fourth-order valence-electron chi connectivity index (χ4n) is 5.65. The minimum absolute atomic E-state index is 0.232. The molecule has 2 saturated carbocycles. The molecule has 0 aromatic carbocycles. The second-order valence-corrected chi connectivity index (χ2v) is 7.46. The molecular weight excluding hydrogens is 318 g/mol. The molecule has 2 aliphatic carbocycles. The van der Waals surface area contributed by atoms with Crippen LogP contribution in [0.25, 0.3) is 0 Å². The highest BCUT2D eigenvalue weighted by molar-refractivity contribution is 5.36. The van der Waals surface area contributed by atoms with Crippen LogP contribution in [0.1, 0.15) is 64.7 Å². The molecule has 2 aliphatic rings. The third kappa shape index (κ3) is 3.57. The molecule has 2 rings (SSSR count). The van der Waals surface area contributed by atoms with Gasteiger partial charge in [-0.2, -0.15) is 0 Å². The molecule has 2 fully saturated rings. The fourth-order valence-corrected chi connectivity index (χ4v) is 5.65. The number of rotatable bonds is 6. The Bertz CT molecular complexity index is 603. The first-order chi connectivity index (χ1) is 12.2. The topological polar surface area (TPSA) is 88.3 Å². The van der Waals surface area contributed by atoms with E-state index < -0.39 is 5.41 Å². The van der Waals surface area contributed by atoms with Crippen molar-refractivity contribution >= 4 is 18.2 Å². The lowest BCUT2D eigenvalue weighted by molar-refractivity contribution is -0.0870. The van der Waals surface area contributed by atoms with E-state index in [2.05, 4.69) is 21.9 Å². The van der Waals surface area contributed by atoms with Gasteiger partial charge in [-0.1, -0.05) is 39.0 Å². The van der Waals surface area contributed by atoms with Crippen LogP contribution in [0.5, 0.6) is 0 Å². The molecule has 136 valence electrons. The first-order valence-electron chi connectivity index (χ1n) is 9.35. The SMILES string of the molecule is CCC1CCC(N=C=O)C2(CN=C=O)CCCCCCC12CN=C=O. The lowest BCUT2D eigenvalue weighted by Gasteiger charge is -2.60. The van der Waals surface area contributed by atoms with Gasteiger partial charge in [0.2, 0.25) is 18.2 Å². The van der Waals surface area contributed by atoms with Gasteiger partial charge in [-0.25, -0.2) is 29.4 Å². The lowest BCUT2D eigenvalue weighted by Crippen LogP contribution is -2.60. The van der Waals surface area contributed by atoms with Crippen molar-refractivity contribution in [2.75, 3.05) is 13.1 Å². The smallest absolute Gasteiger partial charge is 0.211 e. The van der Waals surface area contributed by atoms with Crippen molar-refractivity contribution in [2.45, 2.75) is 70.8 Å². The van der Waals surface area contributed by atoms with Gasteiger partial charge >= 0.3 is 0 Å². The second-order valence-electron chi connectivity index (χ2n) is 7.46. The molecule has 4 atom stereocenters. The van der Waals surface area contributed by atoms with E-state index in [-0.39, 0.29) is 18.0 Å². The van der Waals surface area contributed by atoms with Crippen molar-refractivity contribution in [3.05, 3.63) is 0 Å². The van der Waals surface area contributed by atoms with Gasteiger partial charge in [-0.3, -0.25) is 0 Å². The molecule has 25 heavy (non-hydrogen) atoms. The third-order valence-corrected chi connectivity index (χ3v) is 6.75. The Balaban J connectivity index is 2.67. The largest absolute Gasteiger partial charge is 0.235 e. The normalized spacial score (nSPS) is 34.9. The van der Waals surface area contributed by atoms with Crippen molar-refractivity contribution in [3.8, 4) is 0 Å². The summed E-state index contributed by atoms with van der Waals surface area (Å²) >= 11 is 0. The van der Waals surface area contributed by atoms with E-state index in [9.17, 15) is 14.4 Å². The number of isocyanates is 3. The summed E-state index contributed by atoms with van der Waals surface area (Å²) in [5.74, 6) is 0.364. The number of hydrogen-bond acceptors (Lipinski definition) is 6. The van der Waals surface area contributed by atoms with Gasteiger partial charge in [-0.15, -0.1) is 0 Å². The highest BCUT2D eigenvalue weighted by Crippen LogP contribution is 2.61. The second kappa shape index (κ2) is 9.01. The molecule has 0 aliphatic heterocycles. The Kier molecular flexibility index (Phi) is 7.01. The first-order valence-corrected chi connectivity index (χ1v) is 9.35. The third-order valence-electron chi connectivity index (χ3n) is 6.75. The Morgan fingerprint density at radius 2 is 1.44 bits per heavy atom. The average molecular weight is 345 g/mol. The fraction of sp³-hybridized carbons (Fsp3) is 0.842. The van der Waals surface area contributed by atoms with Crippen LogP contribution in [0, 0.1) is 16.7 Å². The van der Waals surface area contributed by atoms with E-state index in [0.717, 1.165) is 57.8 Å². The summed E-state index contributed by atoms with van der Waals surface area (Å²) in [5, 5.41) is 0. The molecule has 4 unspecified atom stereocenters.